The first-order chi connectivity index (χ1) is 7.60. The minimum absolute atomic E-state index is 0.0985. The monoisotopic (exact) mass is 227 g/mol. The summed E-state index contributed by atoms with van der Waals surface area (Å²) in [5, 5.41) is 10.3. The van der Waals surface area contributed by atoms with E-state index < -0.39 is 0 Å². The van der Waals surface area contributed by atoms with E-state index in [1.54, 1.807) is 0 Å². The van der Waals surface area contributed by atoms with Gasteiger partial charge in [-0.2, -0.15) is 0 Å². The van der Waals surface area contributed by atoms with Crippen LogP contribution in [-0.4, -0.2) is 48.0 Å². The van der Waals surface area contributed by atoms with Crippen LogP contribution in [0.25, 0.3) is 0 Å². The number of aliphatic hydroxyl groups is 1. The third-order valence-corrected chi connectivity index (χ3v) is 4.19. The molecule has 2 rings (SSSR count). The number of hydrogen-bond donors (Lipinski definition) is 1. The maximum Gasteiger partial charge on any atom is 0.0718 e. The van der Waals surface area contributed by atoms with Crippen LogP contribution in [-0.2, 0) is 4.74 Å². The lowest BCUT2D eigenvalue weighted by molar-refractivity contribution is -0.0645. The summed E-state index contributed by atoms with van der Waals surface area (Å²) in [7, 11) is 0. The first kappa shape index (κ1) is 12.3. The number of nitrogens with zero attached hydrogens (tertiary/aromatic N) is 1. The molecule has 1 aliphatic carbocycles. The Kier molecular flexibility index (Phi) is 3.88. The highest BCUT2D eigenvalue weighted by Gasteiger charge is 2.35. The molecule has 3 nitrogen and oxygen atoms in total. The molecule has 3 heteroatoms. The molecule has 1 N–H and O–H groups in total. The van der Waals surface area contributed by atoms with Gasteiger partial charge in [0.15, 0.2) is 0 Å². The van der Waals surface area contributed by atoms with Gasteiger partial charge in [-0.15, -0.1) is 0 Å². The van der Waals surface area contributed by atoms with Gasteiger partial charge in [-0.1, -0.05) is 12.8 Å². The lowest BCUT2D eigenvalue weighted by Gasteiger charge is -2.43. The molecule has 1 aliphatic heterocycles. The first-order valence-corrected chi connectivity index (χ1v) is 6.61. The van der Waals surface area contributed by atoms with E-state index in [0.29, 0.717) is 0 Å². The largest absolute Gasteiger partial charge is 0.391 e. The van der Waals surface area contributed by atoms with Crippen molar-refractivity contribution in [3.05, 3.63) is 0 Å². The Balaban J connectivity index is 1.82. The Morgan fingerprint density at radius 3 is 2.50 bits per heavy atom. The summed E-state index contributed by atoms with van der Waals surface area (Å²) in [4.78, 5) is 2.37. The van der Waals surface area contributed by atoms with E-state index in [1.807, 2.05) is 0 Å². The Morgan fingerprint density at radius 2 is 1.94 bits per heavy atom. The highest BCUT2D eigenvalue weighted by Crippen LogP contribution is 2.35. The number of aliphatic hydroxyl groups excluding tert-OH is 1. The molecule has 94 valence electrons. The minimum Gasteiger partial charge on any atom is -0.391 e. The van der Waals surface area contributed by atoms with Gasteiger partial charge in [-0.25, -0.2) is 0 Å². The average Bonchev–Trinajstić information content (AvgIpc) is 3.11. The summed E-state index contributed by atoms with van der Waals surface area (Å²) in [5.41, 5.74) is -0.0985. The van der Waals surface area contributed by atoms with Crippen molar-refractivity contribution in [3.63, 3.8) is 0 Å². The van der Waals surface area contributed by atoms with Crippen molar-refractivity contribution in [3.8, 4) is 0 Å². The van der Waals surface area contributed by atoms with Crippen LogP contribution in [0.2, 0.25) is 0 Å². The van der Waals surface area contributed by atoms with Gasteiger partial charge in [0.1, 0.15) is 0 Å². The van der Waals surface area contributed by atoms with E-state index in [-0.39, 0.29) is 11.6 Å². The van der Waals surface area contributed by atoms with E-state index in [2.05, 4.69) is 18.7 Å². The molecule has 0 amide bonds. The molecule has 0 bridgehead atoms. The summed E-state index contributed by atoms with van der Waals surface area (Å²) >= 11 is 0. The van der Waals surface area contributed by atoms with Gasteiger partial charge < -0.3 is 9.84 Å². The summed E-state index contributed by atoms with van der Waals surface area (Å²) in [6.45, 7) is 7.84. The first-order valence-electron chi connectivity index (χ1n) is 6.61. The second kappa shape index (κ2) is 5.03. The Hall–Kier alpha value is -0.120. The molecule has 0 aromatic heterocycles. The van der Waals surface area contributed by atoms with Crippen LogP contribution in [0.1, 0.15) is 39.5 Å². The molecular formula is C13H25NO2. The number of rotatable bonds is 5. The maximum absolute atomic E-state index is 10.3. The van der Waals surface area contributed by atoms with Crippen LogP contribution in [0.3, 0.4) is 0 Å². The third-order valence-electron chi connectivity index (χ3n) is 4.19. The van der Waals surface area contributed by atoms with Gasteiger partial charge in [-0.3, -0.25) is 4.90 Å². The van der Waals surface area contributed by atoms with E-state index >= 15 is 0 Å². The summed E-state index contributed by atoms with van der Waals surface area (Å²) in [6.07, 6.45) is 4.71. The quantitative estimate of drug-likeness (QED) is 0.775. The molecule has 2 fully saturated rings. The molecule has 0 spiro atoms. The molecule has 1 unspecified atom stereocenters. The van der Waals surface area contributed by atoms with Gasteiger partial charge in [0, 0.05) is 18.6 Å². The second-order valence-electron chi connectivity index (χ2n) is 5.79. The molecule has 16 heavy (non-hydrogen) atoms. The van der Waals surface area contributed by atoms with Crippen molar-refractivity contribution < 1.29 is 9.84 Å². The van der Waals surface area contributed by atoms with Gasteiger partial charge in [-0.05, 0) is 32.6 Å². The van der Waals surface area contributed by atoms with Crippen molar-refractivity contribution in [1.29, 1.82) is 0 Å². The standard InChI is InChI=1S/C13H25NO2/c1-13(2,14-7-9-16-10-8-14)12(15)6-5-11-3-4-11/h11-12,15H,3-10H2,1-2H3. The SMILES string of the molecule is CC(C)(C(O)CCC1CC1)N1CCOCC1. The zero-order chi connectivity index (χ0) is 11.6. The predicted octanol–water partition coefficient (Wildman–Crippen LogP) is 1.65. The van der Waals surface area contributed by atoms with Gasteiger partial charge in [0.2, 0.25) is 0 Å². The molecule has 1 saturated carbocycles. The van der Waals surface area contributed by atoms with Crippen molar-refractivity contribution in [2.24, 2.45) is 5.92 Å². The third kappa shape index (κ3) is 2.96. The van der Waals surface area contributed by atoms with Crippen molar-refractivity contribution in [2.45, 2.75) is 51.2 Å². The molecule has 1 heterocycles. The van der Waals surface area contributed by atoms with Crippen LogP contribution in [0.15, 0.2) is 0 Å². The lowest BCUT2D eigenvalue weighted by Crippen LogP contribution is -2.56. The molecule has 1 saturated heterocycles. The van der Waals surface area contributed by atoms with E-state index in [4.69, 9.17) is 4.74 Å². The van der Waals surface area contributed by atoms with Crippen LogP contribution >= 0.6 is 0 Å². The van der Waals surface area contributed by atoms with E-state index in [9.17, 15) is 5.11 Å². The smallest absolute Gasteiger partial charge is 0.0718 e. The zero-order valence-electron chi connectivity index (χ0n) is 10.6. The summed E-state index contributed by atoms with van der Waals surface area (Å²) in [5.74, 6) is 0.912. The van der Waals surface area contributed by atoms with Gasteiger partial charge >= 0.3 is 0 Å². The molecular weight excluding hydrogens is 202 g/mol. The highest BCUT2D eigenvalue weighted by molar-refractivity contribution is 4.90. The average molecular weight is 227 g/mol. The van der Waals surface area contributed by atoms with Crippen LogP contribution < -0.4 is 0 Å². The topological polar surface area (TPSA) is 32.7 Å². The fourth-order valence-corrected chi connectivity index (χ4v) is 2.50. The minimum atomic E-state index is -0.203. The Labute approximate surface area is 98.8 Å². The highest BCUT2D eigenvalue weighted by atomic mass is 16.5. The normalized spacial score (nSPS) is 25.7. The maximum atomic E-state index is 10.3. The Bertz CT molecular complexity index is 220. The summed E-state index contributed by atoms with van der Waals surface area (Å²) in [6, 6.07) is 0. The lowest BCUT2D eigenvalue weighted by atomic mass is 9.90. The van der Waals surface area contributed by atoms with Crippen molar-refractivity contribution in [2.75, 3.05) is 26.3 Å². The summed E-state index contributed by atoms with van der Waals surface area (Å²) < 4.78 is 5.36. The number of hydrogen-bond acceptors (Lipinski definition) is 3. The van der Waals surface area contributed by atoms with E-state index in [1.165, 1.54) is 19.3 Å². The van der Waals surface area contributed by atoms with Crippen LogP contribution in [0.5, 0.6) is 0 Å². The van der Waals surface area contributed by atoms with Crippen LogP contribution in [0, 0.1) is 5.92 Å². The second-order valence-corrected chi connectivity index (χ2v) is 5.79. The van der Waals surface area contributed by atoms with E-state index in [0.717, 1.165) is 38.6 Å². The zero-order valence-corrected chi connectivity index (χ0v) is 10.6. The predicted molar refractivity (Wildman–Crippen MR) is 64.4 cm³/mol. The van der Waals surface area contributed by atoms with Crippen molar-refractivity contribution >= 4 is 0 Å². The Morgan fingerprint density at radius 1 is 1.31 bits per heavy atom. The molecule has 2 aliphatic rings. The van der Waals surface area contributed by atoms with Crippen molar-refractivity contribution in [1.82, 2.24) is 4.90 Å². The van der Waals surface area contributed by atoms with Crippen LogP contribution in [0.4, 0.5) is 0 Å². The molecule has 0 aromatic rings. The fourth-order valence-electron chi connectivity index (χ4n) is 2.50. The molecule has 1 atom stereocenters. The molecule has 0 radical (unpaired) electrons. The fraction of sp³-hybridized carbons (Fsp3) is 1.00. The van der Waals surface area contributed by atoms with Gasteiger partial charge in [0.05, 0.1) is 19.3 Å². The molecule has 0 aromatic carbocycles. The number of ether oxygens (including phenoxy) is 1. The number of morpholine rings is 1. The van der Waals surface area contributed by atoms with Gasteiger partial charge in [0.25, 0.3) is 0 Å².